The molecule has 1 aromatic carbocycles. The fraction of sp³-hybridized carbons (Fsp3) is 0.360. The molecule has 0 atom stereocenters. The first-order valence-corrected chi connectivity index (χ1v) is 11.6. The number of ether oxygens (including phenoxy) is 2. The van der Waals surface area contributed by atoms with E-state index in [9.17, 15) is 4.79 Å². The van der Waals surface area contributed by atoms with Crippen molar-refractivity contribution in [3.05, 3.63) is 65.1 Å². The highest BCUT2D eigenvalue weighted by molar-refractivity contribution is 5.75. The second-order valence-corrected chi connectivity index (χ2v) is 8.57. The summed E-state index contributed by atoms with van der Waals surface area (Å²) in [5.74, 6) is 1.51. The lowest BCUT2D eigenvalue weighted by molar-refractivity contribution is -0.986. The molecule has 188 valence electrons. The van der Waals surface area contributed by atoms with Crippen LogP contribution in [0, 0.1) is 0 Å². The number of nitrogens with zero attached hydrogens (tertiary/aromatic N) is 3. The SMILES string of the molecule is COc1ccc2c(n1)n1cccc1c(=O)n2CCC[NH+]1CC[NH+](c2ccccc2OC)CC1.[Cl-].[Cl-]. The molecule has 1 saturated heterocycles. The summed E-state index contributed by atoms with van der Waals surface area (Å²) < 4.78 is 14.6. The van der Waals surface area contributed by atoms with Gasteiger partial charge in [0.25, 0.3) is 5.56 Å². The van der Waals surface area contributed by atoms with Crippen LogP contribution in [-0.2, 0) is 6.54 Å². The number of para-hydroxylation sites is 2. The summed E-state index contributed by atoms with van der Waals surface area (Å²) in [5.41, 5.74) is 3.50. The molecule has 0 saturated carbocycles. The van der Waals surface area contributed by atoms with Crippen molar-refractivity contribution in [2.45, 2.75) is 13.0 Å². The van der Waals surface area contributed by atoms with E-state index >= 15 is 0 Å². The highest BCUT2D eigenvalue weighted by atomic mass is 35.5. The predicted octanol–water partition coefficient (Wildman–Crippen LogP) is -5.82. The Kier molecular flexibility index (Phi) is 9.02. The van der Waals surface area contributed by atoms with E-state index < -0.39 is 0 Å². The van der Waals surface area contributed by atoms with Crippen molar-refractivity contribution in [1.29, 1.82) is 0 Å². The van der Waals surface area contributed by atoms with Gasteiger partial charge in [-0.2, -0.15) is 4.98 Å². The van der Waals surface area contributed by atoms with Crippen molar-refractivity contribution in [1.82, 2.24) is 14.0 Å². The molecule has 0 radical (unpaired) electrons. The predicted molar refractivity (Wildman–Crippen MR) is 127 cm³/mol. The second-order valence-electron chi connectivity index (χ2n) is 8.57. The molecule has 1 aliphatic heterocycles. The zero-order valence-corrected chi connectivity index (χ0v) is 21.5. The van der Waals surface area contributed by atoms with Gasteiger partial charge in [-0.25, -0.2) is 0 Å². The minimum atomic E-state index is 0. The first kappa shape index (κ1) is 26.8. The summed E-state index contributed by atoms with van der Waals surface area (Å²) in [5, 5.41) is 0. The van der Waals surface area contributed by atoms with Crippen LogP contribution in [0.1, 0.15) is 6.42 Å². The molecule has 8 nitrogen and oxygen atoms in total. The number of piperazine rings is 1. The standard InChI is InChI=1S/C25H29N5O3.2ClH/c1-32-22-9-4-3-7-19(22)28-17-15-27(16-18-28)12-6-14-30-20-10-11-23(33-2)26-24(20)29-13-5-8-21(29)25(30)31;;/h3-5,7-11,13H,6,12,14-18H2,1-2H3;2*1H. The minimum absolute atomic E-state index is 0. The highest BCUT2D eigenvalue weighted by Crippen LogP contribution is 2.19. The third-order valence-electron chi connectivity index (χ3n) is 6.73. The lowest BCUT2D eigenvalue weighted by Gasteiger charge is -2.30. The van der Waals surface area contributed by atoms with Crippen LogP contribution in [0.5, 0.6) is 11.6 Å². The van der Waals surface area contributed by atoms with E-state index in [1.165, 1.54) is 10.6 Å². The number of quaternary nitrogens is 2. The Labute approximate surface area is 216 Å². The van der Waals surface area contributed by atoms with Gasteiger partial charge in [0.1, 0.15) is 31.7 Å². The largest absolute Gasteiger partial charge is 1.00 e. The molecule has 1 fully saturated rings. The maximum atomic E-state index is 13.2. The number of hydrogen-bond donors (Lipinski definition) is 2. The Morgan fingerprint density at radius 3 is 2.43 bits per heavy atom. The molecule has 10 heteroatoms. The van der Waals surface area contributed by atoms with Crippen LogP contribution in [0.3, 0.4) is 0 Å². The van der Waals surface area contributed by atoms with Crippen LogP contribution in [0.25, 0.3) is 16.7 Å². The van der Waals surface area contributed by atoms with Crippen molar-refractivity contribution < 1.29 is 44.1 Å². The van der Waals surface area contributed by atoms with Crippen LogP contribution >= 0.6 is 0 Å². The van der Waals surface area contributed by atoms with Gasteiger partial charge < -0.3 is 43.8 Å². The number of methoxy groups -OCH3 is 2. The van der Waals surface area contributed by atoms with E-state index in [4.69, 9.17) is 9.47 Å². The van der Waals surface area contributed by atoms with E-state index in [1.807, 2.05) is 51.6 Å². The molecule has 0 bridgehead atoms. The number of hydrogen-bond acceptors (Lipinski definition) is 4. The maximum absolute atomic E-state index is 13.2. The first-order valence-electron chi connectivity index (χ1n) is 11.6. The number of halogens is 2. The van der Waals surface area contributed by atoms with E-state index in [0.717, 1.165) is 56.1 Å². The number of pyridine rings is 1. The summed E-state index contributed by atoms with van der Waals surface area (Å²) in [6.07, 6.45) is 2.82. The van der Waals surface area contributed by atoms with E-state index in [1.54, 1.807) is 19.1 Å². The van der Waals surface area contributed by atoms with E-state index in [0.29, 0.717) is 17.9 Å². The van der Waals surface area contributed by atoms with Crippen LogP contribution in [-0.4, -0.2) is 60.9 Å². The van der Waals surface area contributed by atoms with Crippen LogP contribution in [0.2, 0.25) is 0 Å². The monoisotopic (exact) mass is 519 g/mol. The fourth-order valence-corrected chi connectivity index (χ4v) is 4.98. The van der Waals surface area contributed by atoms with Gasteiger partial charge in [-0.1, -0.05) is 12.1 Å². The molecule has 2 N–H and O–H groups in total. The van der Waals surface area contributed by atoms with Gasteiger partial charge in [0.2, 0.25) is 5.88 Å². The van der Waals surface area contributed by atoms with Crippen LogP contribution in [0.4, 0.5) is 5.69 Å². The summed E-state index contributed by atoms with van der Waals surface area (Å²) >= 11 is 0. The molecule has 3 aromatic heterocycles. The second kappa shape index (κ2) is 11.8. The Balaban J connectivity index is 0.00000171. The maximum Gasteiger partial charge on any atom is 0.275 e. The summed E-state index contributed by atoms with van der Waals surface area (Å²) in [6, 6.07) is 15.8. The smallest absolute Gasteiger partial charge is 0.275 e. The molecule has 4 aromatic rings. The molecule has 0 aliphatic carbocycles. The summed E-state index contributed by atoms with van der Waals surface area (Å²) in [4.78, 5) is 20.8. The summed E-state index contributed by atoms with van der Waals surface area (Å²) in [7, 11) is 3.34. The van der Waals surface area contributed by atoms with Gasteiger partial charge >= 0.3 is 0 Å². The number of aryl methyl sites for hydroxylation is 1. The number of aromatic nitrogens is 3. The van der Waals surface area contributed by atoms with Crippen molar-refractivity contribution in [3.63, 3.8) is 0 Å². The average molecular weight is 520 g/mol. The number of fused-ring (bicyclic) bond motifs is 3. The number of nitrogens with one attached hydrogen (secondary N) is 2. The van der Waals surface area contributed by atoms with Crippen LogP contribution in [0.15, 0.2) is 59.5 Å². The fourth-order valence-electron chi connectivity index (χ4n) is 4.98. The zero-order valence-electron chi connectivity index (χ0n) is 20.0. The zero-order chi connectivity index (χ0) is 22.8. The number of benzene rings is 1. The van der Waals surface area contributed by atoms with Crippen molar-refractivity contribution in [2.75, 3.05) is 46.9 Å². The molecule has 5 rings (SSSR count). The Hall–Kier alpha value is -2.78. The molecule has 0 amide bonds. The van der Waals surface area contributed by atoms with Gasteiger partial charge in [-0.05, 0) is 24.3 Å². The number of rotatable bonds is 7. The third kappa shape index (κ3) is 5.26. The van der Waals surface area contributed by atoms with Gasteiger partial charge in [0.05, 0.1) is 26.3 Å². The van der Waals surface area contributed by atoms with E-state index in [2.05, 4.69) is 17.1 Å². The molecule has 0 unspecified atom stereocenters. The molecule has 0 spiro atoms. The topological polar surface area (TPSA) is 66.6 Å². The van der Waals surface area contributed by atoms with Crippen molar-refractivity contribution >= 4 is 22.4 Å². The van der Waals surface area contributed by atoms with Gasteiger partial charge in [-0.15, -0.1) is 0 Å². The average Bonchev–Trinajstić information content (AvgIpc) is 3.37. The Morgan fingerprint density at radius 1 is 0.914 bits per heavy atom. The Morgan fingerprint density at radius 2 is 1.69 bits per heavy atom. The third-order valence-corrected chi connectivity index (χ3v) is 6.73. The lowest BCUT2D eigenvalue weighted by Crippen LogP contribution is -3.26. The van der Waals surface area contributed by atoms with Crippen LogP contribution < -0.4 is 49.6 Å². The molecular weight excluding hydrogens is 489 g/mol. The Bertz CT molecular complexity index is 1330. The van der Waals surface area contributed by atoms with Gasteiger partial charge in [0, 0.05) is 31.3 Å². The van der Waals surface area contributed by atoms with E-state index in [-0.39, 0.29) is 30.4 Å². The first-order chi connectivity index (χ1) is 16.2. The molecule has 1 aliphatic rings. The van der Waals surface area contributed by atoms with Gasteiger partial charge in [-0.3, -0.25) is 14.1 Å². The highest BCUT2D eigenvalue weighted by Gasteiger charge is 2.26. The van der Waals surface area contributed by atoms with Crippen molar-refractivity contribution in [3.8, 4) is 11.6 Å². The van der Waals surface area contributed by atoms with Crippen molar-refractivity contribution in [2.24, 2.45) is 0 Å². The summed E-state index contributed by atoms with van der Waals surface area (Å²) in [6.45, 7) is 6.11. The van der Waals surface area contributed by atoms with Gasteiger partial charge in [0.15, 0.2) is 17.1 Å². The molecule has 35 heavy (non-hydrogen) atoms. The lowest BCUT2D eigenvalue weighted by atomic mass is 10.2. The quantitative estimate of drug-likeness (QED) is 0.255. The molecular formula is C25H31Cl2N5O3. The minimum Gasteiger partial charge on any atom is -1.00 e. The molecule has 4 heterocycles. The normalized spacial score (nSPS) is 17.5.